The lowest BCUT2D eigenvalue weighted by Gasteiger charge is -2.12. The van der Waals surface area contributed by atoms with Crippen LogP contribution in [0, 0.1) is 0 Å². The lowest BCUT2D eigenvalue weighted by Crippen LogP contribution is -2.30. The molecular formula is C18H20ClNO4. The van der Waals surface area contributed by atoms with E-state index in [1.165, 1.54) is 0 Å². The summed E-state index contributed by atoms with van der Waals surface area (Å²) in [5.74, 6) is 1.57. The molecule has 6 heteroatoms. The van der Waals surface area contributed by atoms with Gasteiger partial charge in [-0.15, -0.1) is 0 Å². The molecule has 0 heterocycles. The standard InChI is InChI=1S/C18H20ClNO4/c1-13(18(20)21)24-17-9-7-16(8-10-17)23-12-2-11-22-15-5-3-14(19)4-6-15/h3-10,13H,2,11-12H2,1H3,(H2,20,21). The van der Waals surface area contributed by atoms with Crippen LogP contribution in [0.15, 0.2) is 48.5 Å². The van der Waals surface area contributed by atoms with Crippen molar-refractivity contribution in [2.75, 3.05) is 13.2 Å². The number of rotatable bonds is 9. The molecule has 0 aromatic heterocycles. The van der Waals surface area contributed by atoms with Crippen LogP contribution in [0.1, 0.15) is 13.3 Å². The predicted molar refractivity (Wildman–Crippen MR) is 92.8 cm³/mol. The summed E-state index contributed by atoms with van der Waals surface area (Å²) in [5, 5.41) is 0.684. The zero-order chi connectivity index (χ0) is 17.4. The number of halogens is 1. The van der Waals surface area contributed by atoms with Crippen molar-refractivity contribution in [3.8, 4) is 17.2 Å². The van der Waals surface area contributed by atoms with Crippen molar-refractivity contribution in [1.29, 1.82) is 0 Å². The van der Waals surface area contributed by atoms with Gasteiger partial charge in [0, 0.05) is 11.4 Å². The Labute approximate surface area is 146 Å². The Morgan fingerprint density at radius 2 is 1.42 bits per heavy atom. The van der Waals surface area contributed by atoms with Crippen molar-refractivity contribution in [3.05, 3.63) is 53.6 Å². The van der Waals surface area contributed by atoms with E-state index in [2.05, 4.69) is 0 Å². The topological polar surface area (TPSA) is 70.8 Å². The number of hydrogen-bond acceptors (Lipinski definition) is 4. The molecular weight excluding hydrogens is 330 g/mol. The van der Waals surface area contributed by atoms with E-state index in [0.717, 1.165) is 17.9 Å². The van der Waals surface area contributed by atoms with Gasteiger partial charge in [0.2, 0.25) is 0 Å². The predicted octanol–water partition coefficient (Wildman–Crippen LogP) is 3.44. The fraction of sp³-hybridized carbons (Fsp3) is 0.278. The van der Waals surface area contributed by atoms with Crippen molar-refractivity contribution >= 4 is 17.5 Å². The van der Waals surface area contributed by atoms with Gasteiger partial charge in [0.05, 0.1) is 13.2 Å². The zero-order valence-electron chi connectivity index (χ0n) is 13.4. The Kier molecular flexibility index (Phi) is 6.75. The van der Waals surface area contributed by atoms with Crippen molar-refractivity contribution in [3.63, 3.8) is 0 Å². The molecule has 1 atom stereocenters. The second-order valence-electron chi connectivity index (χ2n) is 5.14. The third-order valence-corrected chi connectivity index (χ3v) is 3.43. The average Bonchev–Trinajstić information content (AvgIpc) is 2.57. The minimum Gasteiger partial charge on any atom is -0.493 e. The van der Waals surface area contributed by atoms with E-state index in [0.29, 0.717) is 24.0 Å². The van der Waals surface area contributed by atoms with Crippen LogP contribution in [0.2, 0.25) is 5.02 Å². The summed E-state index contributed by atoms with van der Waals surface area (Å²) in [6.45, 7) is 2.69. The second kappa shape index (κ2) is 9.03. The number of nitrogens with two attached hydrogens (primary N) is 1. The largest absolute Gasteiger partial charge is 0.493 e. The SMILES string of the molecule is CC(Oc1ccc(OCCCOc2ccc(Cl)cc2)cc1)C(N)=O. The summed E-state index contributed by atoms with van der Waals surface area (Å²) in [6, 6.07) is 14.3. The minimum atomic E-state index is -0.665. The molecule has 0 radical (unpaired) electrons. The van der Waals surface area contributed by atoms with E-state index in [1.54, 1.807) is 43.3 Å². The van der Waals surface area contributed by atoms with E-state index in [1.807, 2.05) is 12.1 Å². The van der Waals surface area contributed by atoms with Crippen molar-refractivity contribution in [1.82, 2.24) is 0 Å². The van der Waals surface area contributed by atoms with Crippen molar-refractivity contribution in [2.45, 2.75) is 19.4 Å². The maximum Gasteiger partial charge on any atom is 0.258 e. The molecule has 24 heavy (non-hydrogen) atoms. The highest BCUT2D eigenvalue weighted by Crippen LogP contribution is 2.19. The molecule has 0 aliphatic rings. The normalized spacial score (nSPS) is 11.6. The molecule has 0 fully saturated rings. The van der Waals surface area contributed by atoms with Gasteiger partial charge in [0.1, 0.15) is 17.2 Å². The van der Waals surface area contributed by atoms with Gasteiger partial charge in [-0.1, -0.05) is 11.6 Å². The van der Waals surface area contributed by atoms with Gasteiger partial charge in [-0.05, 0) is 55.5 Å². The first kappa shape index (κ1) is 17.9. The lowest BCUT2D eigenvalue weighted by atomic mass is 10.3. The van der Waals surface area contributed by atoms with E-state index < -0.39 is 12.0 Å². The Balaban J connectivity index is 1.67. The second-order valence-corrected chi connectivity index (χ2v) is 5.57. The van der Waals surface area contributed by atoms with Crippen molar-refractivity contribution in [2.24, 2.45) is 5.73 Å². The van der Waals surface area contributed by atoms with Crippen LogP contribution < -0.4 is 19.9 Å². The van der Waals surface area contributed by atoms with Crippen LogP contribution >= 0.6 is 11.6 Å². The summed E-state index contributed by atoms with van der Waals surface area (Å²) in [6.07, 6.45) is 0.0846. The minimum absolute atomic E-state index is 0.504. The molecule has 128 valence electrons. The molecule has 1 unspecified atom stereocenters. The number of amides is 1. The molecule has 2 N–H and O–H groups in total. The molecule has 0 spiro atoms. The van der Waals surface area contributed by atoms with Crippen LogP contribution in [0.3, 0.4) is 0 Å². The monoisotopic (exact) mass is 349 g/mol. The van der Waals surface area contributed by atoms with Crippen LogP contribution in [0.25, 0.3) is 0 Å². The highest BCUT2D eigenvalue weighted by molar-refractivity contribution is 6.30. The van der Waals surface area contributed by atoms with E-state index in [9.17, 15) is 4.79 Å². The first-order chi connectivity index (χ1) is 11.5. The van der Waals surface area contributed by atoms with Gasteiger partial charge >= 0.3 is 0 Å². The van der Waals surface area contributed by atoms with Gasteiger partial charge in [0.15, 0.2) is 6.10 Å². The molecule has 0 bridgehead atoms. The van der Waals surface area contributed by atoms with Crippen LogP contribution in [-0.2, 0) is 4.79 Å². The third kappa shape index (κ3) is 6.01. The van der Waals surface area contributed by atoms with Gasteiger partial charge < -0.3 is 19.9 Å². The summed E-state index contributed by atoms with van der Waals surface area (Å²) in [7, 11) is 0. The smallest absolute Gasteiger partial charge is 0.258 e. The Morgan fingerprint density at radius 3 is 1.92 bits per heavy atom. The zero-order valence-corrected chi connectivity index (χ0v) is 14.2. The summed E-state index contributed by atoms with van der Waals surface area (Å²) >= 11 is 5.81. The maximum absolute atomic E-state index is 10.9. The molecule has 0 aliphatic carbocycles. The summed E-state index contributed by atoms with van der Waals surface area (Å²) in [4.78, 5) is 10.9. The molecule has 2 aromatic carbocycles. The summed E-state index contributed by atoms with van der Waals surface area (Å²) < 4.78 is 16.6. The first-order valence-corrected chi connectivity index (χ1v) is 7.99. The number of ether oxygens (including phenoxy) is 3. The van der Waals surface area contributed by atoms with E-state index in [4.69, 9.17) is 31.5 Å². The first-order valence-electron chi connectivity index (χ1n) is 7.62. The highest BCUT2D eigenvalue weighted by Gasteiger charge is 2.09. The number of hydrogen-bond donors (Lipinski definition) is 1. The molecule has 2 aromatic rings. The number of primary amides is 1. The fourth-order valence-corrected chi connectivity index (χ4v) is 1.97. The third-order valence-electron chi connectivity index (χ3n) is 3.18. The van der Waals surface area contributed by atoms with Gasteiger partial charge in [-0.3, -0.25) is 4.79 Å². The van der Waals surface area contributed by atoms with E-state index in [-0.39, 0.29) is 0 Å². The number of benzene rings is 2. The van der Waals surface area contributed by atoms with Crippen LogP contribution in [0.4, 0.5) is 0 Å². The molecule has 0 saturated heterocycles. The molecule has 2 rings (SSSR count). The van der Waals surface area contributed by atoms with Gasteiger partial charge in [0.25, 0.3) is 5.91 Å². The maximum atomic E-state index is 10.9. The molecule has 0 aliphatic heterocycles. The van der Waals surface area contributed by atoms with Crippen LogP contribution in [-0.4, -0.2) is 25.2 Å². The molecule has 1 amide bonds. The Hall–Kier alpha value is -2.40. The highest BCUT2D eigenvalue weighted by atomic mass is 35.5. The molecule has 5 nitrogen and oxygen atoms in total. The Morgan fingerprint density at radius 1 is 0.958 bits per heavy atom. The van der Waals surface area contributed by atoms with E-state index >= 15 is 0 Å². The molecule has 0 saturated carbocycles. The van der Waals surface area contributed by atoms with Gasteiger partial charge in [-0.2, -0.15) is 0 Å². The Bertz CT molecular complexity index is 643. The van der Waals surface area contributed by atoms with Gasteiger partial charge in [-0.25, -0.2) is 0 Å². The lowest BCUT2D eigenvalue weighted by molar-refractivity contribution is -0.123. The number of carbonyl (C=O) groups is 1. The van der Waals surface area contributed by atoms with Crippen molar-refractivity contribution < 1.29 is 19.0 Å². The quantitative estimate of drug-likeness (QED) is 0.704. The summed E-state index contributed by atoms with van der Waals surface area (Å²) in [5.41, 5.74) is 5.15. The van der Waals surface area contributed by atoms with Crippen LogP contribution in [0.5, 0.6) is 17.2 Å². The fourth-order valence-electron chi connectivity index (χ4n) is 1.85. The number of carbonyl (C=O) groups excluding carboxylic acids is 1. The average molecular weight is 350 g/mol.